The van der Waals surface area contributed by atoms with Gasteiger partial charge in [-0.15, -0.1) is 0 Å². The molecule has 0 aromatic carbocycles. The molecule has 0 bridgehead atoms. The van der Waals surface area contributed by atoms with Gasteiger partial charge in [0.15, 0.2) is 6.61 Å². The number of rotatable bonds is 7. The zero-order valence-electron chi connectivity index (χ0n) is 13.3. The number of pyridine rings is 1. The number of halogens is 3. The fourth-order valence-electron chi connectivity index (χ4n) is 1.73. The standard InChI is InChI=1S/C15H21F3N2O3/c1-4-10(2)14(3,22)8-20-13(21)11-5-6-12(19-7-11)23-9-15(16,17)18/h5-7,10,22H,4,8-9H2,1-3H3,(H,20,21). The van der Waals surface area contributed by atoms with E-state index in [-0.39, 0.29) is 23.9 Å². The molecule has 0 saturated heterocycles. The molecule has 5 nitrogen and oxygen atoms in total. The molecule has 2 unspecified atom stereocenters. The van der Waals surface area contributed by atoms with Crippen LogP contribution in [0.4, 0.5) is 13.2 Å². The average molecular weight is 334 g/mol. The Kier molecular flexibility index (Phi) is 6.37. The lowest BCUT2D eigenvalue weighted by atomic mass is 9.88. The van der Waals surface area contributed by atoms with Crippen LogP contribution in [-0.4, -0.2) is 40.9 Å². The molecule has 1 aromatic heterocycles. The molecule has 1 aromatic rings. The van der Waals surface area contributed by atoms with Crippen LogP contribution in [0.2, 0.25) is 0 Å². The van der Waals surface area contributed by atoms with Crippen molar-refractivity contribution in [3.8, 4) is 5.88 Å². The van der Waals surface area contributed by atoms with Gasteiger partial charge in [-0.25, -0.2) is 4.98 Å². The van der Waals surface area contributed by atoms with Gasteiger partial charge in [0.05, 0.1) is 11.2 Å². The largest absolute Gasteiger partial charge is 0.468 e. The van der Waals surface area contributed by atoms with E-state index in [2.05, 4.69) is 15.0 Å². The molecule has 0 aliphatic carbocycles. The Balaban J connectivity index is 2.58. The number of ether oxygens (including phenoxy) is 1. The van der Waals surface area contributed by atoms with E-state index in [1.807, 2.05) is 13.8 Å². The van der Waals surface area contributed by atoms with Gasteiger partial charge in [0.1, 0.15) is 0 Å². The molecular weight excluding hydrogens is 313 g/mol. The Morgan fingerprint density at radius 3 is 2.57 bits per heavy atom. The Morgan fingerprint density at radius 2 is 2.09 bits per heavy atom. The van der Waals surface area contributed by atoms with Gasteiger partial charge in [0.25, 0.3) is 5.91 Å². The van der Waals surface area contributed by atoms with Crippen molar-refractivity contribution >= 4 is 5.91 Å². The van der Waals surface area contributed by atoms with Crippen molar-refractivity contribution in [2.45, 2.75) is 39.0 Å². The van der Waals surface area contributed by atoms with Crippen molar-refractivity contribution in [3.05, 3.63) is 23.9 Å². The van der Waals surface area contributed by atoms with E-state index in [4.69, 9.17) is 0 Å². The van der Waals surface area contributed by atoms with E-state index in [9.17, 15) is 23.1 Å². The van der Waals surface area contributed by atoms with Gasteiger partial charge in [-0.05, 0) is 18.9 Å². The molecule has 1 rings (SSSR count). The van der Waals surface area contributed by atoms with E-state index >= 15 is 0 Å². The summed E-state index contributed by atoms with van der Waals surface area (Å²) in [7, 11) is 0. The van der Waals surface area contributed by atoms with Gasteiger partial charge >= 0.3 is 6.18 Å². The van der Waals surface area contributed by atoms with Crippen LogP contribution in [0.1, 0.15) is 37.6 Å². The maximum Gasteiger partial charge on any atom is 0.422 e. The molecule has 0 radical (unpaired) electrons. The van der Waals surface area contributed by atoms with Crippen LogP contribution >= 0.6 is 0 Å². The highest BCUT2D eigenvalue weighted by atomic mass is 19.4. The third-order valence-corrected chi connectivity index (χ3v) is 3.66. The number of aliphatic hydroxyl groups is 1. The number of carbonyl (C=O) groups is 1. The topological polar surface area (TPSA) is 71.5 Å². The zero-order chi connectivity index (χ0) is 17.7. The normalized spacial score (nSPS) is 15.6. The molecule has 1 heterocycles. The molecule has 0 aliphatic rings. The average Bonchev–Trinajstić information content (AvgIpc) is 2.49. The highest BCUT2D eigenvalue weighted by molar-refractivity contribution is 5.93. The van der Waals surface area contributed by atoms with Crippen molar-refractivity contribution in [1.29, 1.82) is 0 Å². The lowest BCUT2D eigenvalue weighted by Gasteiger charge is -2.29. The zero-order valence-corrected chi connectivity index (χ0v) is 13.3. The van der Waals surface area contributed by atoms with Crippen molar-refractivity contribution in [2.75, 3.05) is 13.2 Å². The van der Waals surface area contributed by atoms with Crippen LogP contribution in [0.5, 0.6) is 5.88 Å². The molecular formula is C15H21F3N2O3. The summed E-state index contributed by atoms with van der Waals surface area (Å²) in [5, 5.41) is 12.8. The molecule has 23 heavy (non-hydrogen) atoms. The minimum atomic E-state index is -4.45. The smallest absolute Gasteiger partial charge is 0.422 e. The Bertz CT molecular complexity index is 516. The molecule has 130 valence electrons. The van der Waals surface area contributed by atoms with Crippen LogP contribution < -0.4 is 10.1 Å². The Hall–Kier alpha value is -1.83. The summed E-state index contributed by atoms with van der Waals surface area (Å²) in [5.74, 6) is -0.687. The van der Waals surface area contributed by atoms with Gasteiger partial charge in [0.2, 0.25) is 5.88 Å². The summed E-state index contributed by atoms with van der Waals surface area (Å²) in [4.78, 5) is 15.6. The fourth-order valence-corrected chi connectivity index (χ4v) is 1.73. The number of hydrogen-bond donors (Lipinski definition) is 2. The van der Waals surface area contributed by atoms with Crippen LogP contribution in [0.3, 0.4) is 0 Å². The second kappa shape index (κ2) is 7.63. The minimum absolute atomic E-state index is 0.000862. The van der Waals surface area contributed by atoms with Crippen molar-refractivity contribution in [1.82, 2.24) is 10.3 Å². The van der Waals surface area contributed by atoms with Gasteiger partial charge in [-0.3, -0.25) is 4.79 Å². The van der Waals surface area contributed by atoms with E-state index < -0.39 is 24.3 Å². The number of carbonyl (C=O) groups excluding carboxylic acids is 1. The summed E-state index contributed by atoms with van der Waals surface area (Å²) in [6, 6.07) is 2.50. The van der Waals surface area contributed by atoms with Crippen LogP contribution in [0, 0.1) is 5.92 Å². The number of hydrogen-bond acceptors (Lipinski definition) is 4. The first-order valence-corrected chi connectivity index (χ1v) is 7.21. The molecule has 0 saturated carbocycles. The number of nitrogens with zero attached hydrogens (tertiary/aromatic N) is 1. The number of alkyl halides is 3. The third kappa shape index (κ3) is 6.43. The lowest BCUT2D eigenvalue weighted by molar-refractivity contribution is -0.154. The maximum absolute atomic E-state index is 12.0. The molecule has 8 heteroatoms. The van der Waals surface area contributed by atoms with Crippen molar-refractivity contribution in [3.63, 3.8) is 0 Å². The summed E-state index contributed by atoms with van der Waals surface area (Å²) < 4.78 is 40.5. The maximum atomic E-state index is 12.0. The first-order valence-electron chi connectivity index (χ1n) is 7.21. The molecule has 0 aliphatic heterocycles. The van der Waals surface area contributed by atoms with E-state index in [1.165, 1.54) is 12.1 Å². The molecule has 2 atom stereocenters. The number of amides is 1. The molecule has 0 fully saturated rings. The van der Waals surface area contributed by atoms with Crippen molar-refractivity contribution in [2.24, 2.45) is 5.92 Å². The third-order valence-electron chi connectivity index (χ3n) is 3.66. The predicted molar refractivity (Wildman–Crippen MR) is 78.2 cm³/mol. The van der Waals surface area contributed by atoms with E-state index in [0.717, 1.165) is 12.6 Å². The highest BCUT2D eigenvalue weighted by Gasteiger charge is 2.29. The van der Waals surface area contributed by atoms with Crippen LogP contribution in [0.15, 0.2) is 18.3 Å². The summed E-state index contributed by atoms with van der Waals surface area (Å²) >= 11 is 0. The Labute approximate surface area is 132 Å². The van der Waals surface area contributed by atoms with Gasteiger partial charge in [-0.1, -0.05) is 20.3 Å². The number of aromatic nitrogens is 1. The molecule has 2 N–H and O–H groups in total. The summed E-state index contributed by atoms with van der Waals surface area (Å²) in [6.07, 6.45) is -2.56. The summed E-state index contributed by atoms with van der Waals surface area (Å²) in [5.41, 5.74) is -0.877. The highest BCUT2D eigenvalue weighted by Crippen LogP contribution is 2.19. The van der Waals surface area contributed by atoms with E-state index in [1.54, 1.807) is 6.92 Å². The Morgan fingerprint density at radius 1 is 1.43 bits per heavy atom. The van der Waals surface area contributed by atoms with Crippen molar-refractivity contribution < 1.29 is 27.8 Å². The number of nitrogens with one attached hydrogen (secondary N) is 1. The molecule has 1 amide bonds. The lowest BCUT2D eigenvalue weighted by Crippen LogP contribution is -2.45. The first kappa shape index (κ1) is 19.2. The molecule has 0 spiro atoms. The summed E-state index contributed by atoms with van der Waals surface area (Å²) in [6.45, 7) is 4.06. The van der Waals surface area contributed by atoms with Gasteiger partial charge < -0.3 is 15.2 Å². The second-order valence-corrected chi connectivity index (χ2v) is 5.64. The van der Waals surface area contributed by atoms with Crippen LogP contribution in [0.25, 0.3) is 0 Å². The van der Waals surface area contributed by atoms with Gasteiger partial charge in [-0.2, -0.15) is 13.2 Å². The monoisotopic (exact) mass is 334 g/mol. The van der Waals surface area contributed by atoms with Crippen LogP contribution in [-0.2, 0) is 0 Å². The first-order chi connectivity index (χ1) is 10.5. The van der Waals surface area contributed by atoms with Gasteiger partial charge in [0, 0.05) is 18.8 Å². The van der Waals surface area contributed by atoms with E-state index in [0.29, 0.717) is 0 Å². The second-order valence-electron chi connectivity index (χ2n) is 5.64. The predicted octanol–water partition coefficient (Wildman–Crippen LogP) is 2.55. The fraction of sp³-hybridized carbons (Fsp3) is 0.600. The minimum Gasteiger partial charge on any atom is -0.468 e. The SMILES string of the molecule is CCC(C)C(C)(O)CNC(=O)c1ccc(OCC(F)(F)F)nc1. The quantitative estimate of drug-likeness (QED) is 0.804.